The predicted molar refractivity (Wildman–Crippen MR) is 119 cm³/mol. The Balaban J connectivity index is 1.96. The molecular weight excluding hydrogens is 458 g/mol. The maximum absolute atomic E-state index is 12.9. The molecule has 182 valence electrons. The van der Waals surface area contributed by atoms with Crippen molar-refractivity contribution in [2.24, 2.45) is 11.5 Å². The van der Waals surface area contributed by atoms with E-state index in [1.54, 1.807) is 18.2 Å². The van der Waals surface area contributed by atoms with Gasteiger partial charge in [0.05, 0.1) is 11.1 Å². The third-order valence-electron chi connectivity index (χ3n) is 5.24. The van der Waals surface area contributed by atoms with E-state index in [1.165, 1.54) is 24.3 Å². The van der Waals surface area contributed by atoms with E-state index in [-0.39, 0.29) is 12.6 Å². The first-order chi connectivity index (χ1) is 16.0. The van der Waals surface area contributed by atoms with Crippen LogP contribution in [0.15, 0.2) is 66.7 Å². The van der Waals surface area contributed by atoms with Crippen molar-refractivity contribution < 1.29 is 31.1 Å². The molecular formula is C25H24F6N2O. The lowest BCUT2D eigenvalue weighted by molar-refractivity contribution is -0.138. The summed E-state index contributed by atoms with van der Waals surface area (Å²) in [6.07, 6.45) is -7.54. The fourth-order valence-corrected chi connectivity index (χ4v) is 3.39. The summed E-state index contributed by atoms with van der Waals surface area (Å²) in [5.74, 6) is 0.399. The summed E-state index contributed by atoms with van der Waals surface area (Å²) in [6.45, 7) is 0.679. The smallest absolute Gasteiger partial charge is 0.416 e. The molecule has 0 aliphatic rings. The summed E-state index contributed by atoms with van der Waals surface area (Å²) in [4.78, 5) is 0. The first-order valence-corrected chi connectivity index (χ1v) is 10.6. The van der Waals surface area contributed by atoms with Gasteiger partial charge in [0.1, 0.15) is 12.4 Å². The van der Waals surface area contributed by atoms with E-state index < -0.39 is 23.5 Å². The molecule has 4 N–H and O–H groups in total. The quantitative estimate of drug-likeness (QED) is 0.360. The lowest BCUT2D eigenvalue weighted by Gasteiger charge is -2.16. The van der Waals surface area contributed by atoms with Gasteiger partial charge in [-0.3, -0.25) is 0 Å². The molecule has 3 aromatic carbocycles. The second-order valence-electron chi connectivity index (χ2n) is 7.90. The molecule has 0 aliphatic carbocycles. The SMILES string of the molecule is NCCCC(N)COc1cc(-c2ccc(C(F)(F)F)cc2)cc(-c2ccc(C(F)(F)F)cc2)c1. The lowest BCUT2D eigenvalue weighted by Crippen LogP contribution is -2.28. The molecule has 0 heterocycles. The monoisotopic (exact) mass is 482 g/mol. The zero-order chi connectivity index (χ0) is 24.9. The van der Waals surface area contributed by atoms with Crippen LogP contribution in [0.5, 0.6) is 5.75 Å². The summed E-state index contributed by atoms with van der Waals surface area (Å²) in [5.41, 5.74) is 12.1. The Labute approximate surface area is 193 Å². The van der Waals surface area contributed by atoms with E-state index in [4.69, 9.17) is 16.2 Å². The van der Waals surface area contributed by atoms with E-state index in [0.29, 0.717) is 41.0 Å². The number of halogens is 6. The van der Waals surface area contributed by atoms with Crippen molar-refractivity contribution in [3.05, 3.63) is 77.9 Å². The van der Waals surface area contributed by atoms with Crippen molar-refractivity contribution in [2.45, 2.75) is 31.2 Å². The van der Waals surface area contributed by atoms with Crippen LogP contribution in [-0.2, 0) is 12.4 Å². The maximum Gasteiger partial charge on any atom is 0.416 e. The summed E-state index contributed by atoms with van der Waals surface area (Å²) in [7, 11) is 0. The molecule has 0 saturated carbocycles. The minimum atomic E-state index is -4.46. The van der Waals surface area contributed by atoms with Gasteiger partial charge in [-0.05, 0) is 84.1 Å². The number of ether oxygens (including phenoxy) is 1. The normalized spacial score (nSPS) is 13.1. The van der Waals surface area contributed by atoms with Crippen LogP contribution >= 0.6 is 0 Å². The Hall–Kier alpha value is -3.04. The third-order valence-corrected chi connectivity index (χ3v) is 5.24. The van der Waals surface area contributed by atoms with Gasteiger partial charge in [0.15, 0.2) is 0 Å². The molecule has 0 aliphatic heterocycles. The third kappa shape index (κ3) is 6.74. The van der Waals surface area contributed by atoms with Gasteiger partial charge in [-0.1, -0.05) is 24.3 Å². The number of benzene rings is 3. The second-order valence-corrected chi connectivity index (χ2v) is 7.90. The number of alkyl halides is 6. The molecule has 0 aromatic heterocycles. The van der Waals surface area contributed by atoms with Gasteiger partial charge in [0.2, 0.25) is 0 Å². The van der Waals surface area contributed by atoms with Crippen molar-refractivity contribution in [1.82, 2.24) is 0 Å². The van der Waals surface area contributed by atoms with E-state index >= 15 is 0 Å². The highest BCUT2D eigenvalue weighted by atomic mass is 19.4. The Morgan fingerprint density at radius 3 is 1.50 bits per heavy atom. The largest absolute Gasteiger partial charge is 0.492 e. The average molecular weight is 482 g/mol. The van der Waals surface area contributed by atoms with E-state index in [2.05, 4.69) is 0 Å². The minimum Gasteiger partial charge on any atom is -0.492 e. The van der Waals surface area contributed by atoms with Crippen LogP contribution in [0, 0.1) is 0 Å². The van der Waals surface area contributed by atoms with Crippen molar-refractivity contribution in [2.75, 3.05) is 13.2 Å². The van der Waals surface area contributed by atoms with Gasteiger partial charge in [-0.15, -0.1) is 0 Å². The summed E-state index contributed by atoms with van der Waals surface area (Å²) in [6, 6.07) is 14.0. The molecule has 0 saturated heterocycles. The number of hydrogen-bond donors (Lipinski definition) is 2. The molecule has 0 spiro atoms. The molecule has 9 heteroatoms. The number of hydrogen-bond acceptors (Lipinski definition) is 3. The molecule has 1 unspecified atom stereocenters. The van der Waals surface area contributed by atoms with Crippen molar-refractivity contribution in [3.8, 4) is 28.0 Å². The molecule has 34 heavy (non-hydrogen) atoms. The summed E-state index contributed by atoms with van der Waals surface area (Å²) in [5, 5.41) is 0. The average Bonchev–Trinajstić information content (AvgIpc) is 2.80. The molecule has 0 bridgehead atoms. The Morgan fingerprint density at radius 2 is 1.12 bits per heavy atom. The Morgan fingerprint density at radius 1 is 0.676 bits per heavy atom. The highest BCUT2D eigenvalue weighted by molar-refractivity contribution is 5.75. The van der Waals surface area contributed by atoms with Crippen molar-refractivity contribution in [3.63, 3.8) is 0 Å². The molecule has 3 rings (SSSR count). The molecule has 1 atom stereocenters. The lowest BCUT2D eigenvalue weighted by atomic mass is 9.97. The van der Waals surface area contributed by atoms with Gasteiger partial charge in [0, 0.05) is 6.04 Å². The fraction of sp³-hybridized carbons (Fsp3) is 0.280. The molecule has 0 fully saturated rings. The maximum atomic E-state index is 12.9. The number of rotatable bonds is 8. The second kappa shape index (κ2) is 10.5. The summed E-state index contributed by atoms with van der Waals surface area (Å²) >= 11 is 0. The van der Waals surface area contributed by atoms with E-state index in [9.17, 15) is 26.3 Å². The highest BCUT2D eigenvalue weighted by Crippen LogP contribution is 2.36. The van der Waals surface area contributed by atoms with Gasteiger partial charge < -0.3 is 16.2 Å². The van der Waals surface area contributed by atoms with Crippen molar-refractivity contribution >= 4 is 0 Å². The fourth-order valence-electron chi connectivity index (χ4n) is 3.39. The number of nitrogens with two attached hydrogens (primary N) is 2. The van der Waals surface area contributed by atoms with Gasteiger partial charge in [-0.25, -0.2) is 0 Å². The summed E-state index contributed by atoms with van der Waals surface area (Å²) < 4.78 is 83.4. The van der Waals surface area contributed by atoms with Gasteiger partial charge in [0.25, 0.3) is 0 Å². The van der Waals surface area contributed by atoms with Crippen LogP contribution in [0.25, 0.3) is 22.3 Å². The standard InChI is InChI=1S/C25H24F6N2O/c26-24(27,28)20-7-3-16(4-8-20)18-12-19(17-5-9-21(10-6-17)25(29,30)31)14-23(13-18)34-15-22(33)2-1-11-32/h3-10,12-14,22H,1-2,11,15,32-33H2. The molecule has 3 nitrogen and oxygen atoms in total. The van der Waals surface area contributed by atoms with Crippen LogP contribution in [0.4, 0.5) is 26.3 Å². The zero-order valence-corrected chi connectivity index (χ0v) is 18.1. The van der Waals surface area contributed by atoms with Crippen LogP contribution in [-0.4, -0.2) is 19.2 Å². The van der Waals surface area contributed by atoms with Gasteiger partial charge in [-0.2, -0.15) is 26.3 Å². The first-order valence-electron chi connectivity index (χ1n) is 10.6. The molecule has 0 radical (unpaired) electrons. The molecule has 0 amide bonds. The van der Waals surface area contributed by atoms with E-state index in [1.807, 2.05) is 0 Å². The zero-order valence-electron chi connectivity index (χ0n) is 18.1. The first kappa shape index (κ1) is 25.6. The van der Waals surface area contributed by atoms with Crippen LogP contribution in [0.1, 0.15) is 24.0 Å². The topological polar surface area (TPSA) is 61.3 Å². The van der Waals surface area contributed by atoms with Crippen LogP contribution in [0.2, 0.25) is 0 Å². The van der Waals surface area contributed by atoms with Crippen molar-refractivity contribution in [1.29, 1.82) is 0 Å². The van der Waals surface area contributed by atoms with Gasteiger partial charge >= 0.3 is 12.4 Å². The highest BCUT2D eigenvalue weighted by Gasteiger charge is 2.30. The minimum absolute atomic E-state index is 0.183. The van der Waals surface area contributed by atoms with Crippen LogP contribution < -0.4 is 16.2 Å². The Bertz CT molecular complexity index is 1000. The van der Waals surface area contributed by atoms with E-state index in [0.717, 1.165) is 30.7 Å². The predicted octanol–water partition coefficient (Wildman–Crippen LogP) is 6.50. The Kier molecular flexibility index (Phi) is 7.89. The van der Waals surface area contributed by atoms with Crippen LogP contribution in [0.3, 0.4) is 0 Å². The molecule has 3 aromatic rings.